The van der Waals surface area contributed by atoms with Crippen molar-refractivity contribution in [1.82, 2.24) is 9.88 Å². The minimum Gasteiger partial charge on any atom is -0.496 e. The molecule has 0 amide bonds. The molecule has 4 rings (SSSR count). The number of nitrogens with zero attached hydrogens (tertiary/aromatic N) is 1. The fraction of sp³-hybridized carbons (Fsp3) is 0.524. The summed E-state index contributed by atoms with van der Waals surface area (Å²) in [5, 5.41) is 0. The average Bonchev–Trinajstić information content (AvgIpc) is 3.34. The van der Waals surface area contributed by atoms with Gasteiger partial charge in [-0.1, -0.05) is 13.3 Å². The number of piperidine rings is 1. The Labute approximate surface area is 173 Å². The average molecular weight is 425 g/mol. The standard InChI is InChI=1S/C21H28N2O3S.ClH/c1-3-27(24,25)16-8-12-21(26-2)17(14-16)18-9-10-19(22-18)20-11-7-15-6-4-5-13-23(15)20;/h8-10,12,14-15,20,22H,3-7,11,13H2,1-2H3;1H. The van der Waals surface area contributed by atoms with Crippen LogP contribution < -0.4 is 4.74 Å². The van der Waals surface area contributed by atoms with Crippen LogP contribution in [0.1, 0.15) is 50.8 Å². The van der Waals surface area contributed by atoms with Crippen molar-refractivity contribution in [3.8, 4) is 17.0 Å². The quantitative estimate of drug-likeness (QED) is 0.762. The summed E-state index contributed by atoms with van der Waals surface area (Å²) in [5.74, 6) is 0.772. The van der Waals surface area contributed by atoms with Crippen molar-refractivity contribution in [2.45, 2.75) is 56.0 Å². The number of hydrogen-bond acceptors (Lipinski definition) is 4. The number of aromatic nitrogens is 1. The lowest BCUT2D eigenvalue weighted by molar-refractivity contribution is 0.148. The number of benzene rings is 1. The highest BCUT2D eigenvalue weighted by atomic mass is 35.5. The second-order valence-corrected chi connectivity index (χ2v) is 9.85. The van der Waals surface area contributed by atoms with Crippen molar-refractivity contribution in [2.24, 2.45) is 0 Å². The lowest BCUT2D eigenvalue weighted by Crippen LogP contribution is -2.35. The minimum absolute atomic E-state index is 0. The number of methoxy groups -OCH3 is 1. The summed E-state index contributed by atoms with van der Waals surface area (Å²) < 4.78 is 30.1. The van der Waals surface area contributed by atoms with Crippen molar-refractivity contribution >= 4 is 22.2 Å². The van der Waals surface area contributed by atoms with Gasteiger partial charge in [-0.25, -0.2) is 8.42 Å². The number of nitrogens with one attached hydrogen (secondary N) is 1. The molecule has 2 unspecified atom stereocenters. The number of rotatable bonds is 5. The van der Waals surface area contributed by atoms with Gasteiger partial charge in [0, 0.05) is 23.0 Å². The number of fused-ring (bicyclic) bond motifs is 1. The van der Waals surface area contributed by atoms with Crippen LogP contribution in [-0.4, -0.2) is 43.8 Å². The van der Waals surface area contributed by atoms with Crippen LogP contribution >= 0.6 is 12.4 Å². The molecule has 2 aliphatic rings. The highest BCUT2D eigenvalue weighted by molar-refractivity contribution is 7.91. The lowest BCUT2D eigenvalue weighted by atomic mass is 10.0. The Morgan fingerprint density at radius 1 is 1.14 bits per heavy atom. The highest BCUT2D eigenvalue weighted by Gasteiger charge is 2.36. The van der Waals surface area contributed by atoms with E-state index in [4.69, 9.17) is 4.74 Å². The first-order valence-corrected chi connectivity index (χ1v) is 11.5. The zero-order valence-electron chi connectivity index (χ0n) is 16.5. The van der Waals surface area contributed by atoms with Gasteiger partial charge in [0.2, 0.25) is 0 Å². The molecule has 2 atom stereocenters. The molecule has 0 bridgehead atoms. The maximum absolute atomic E-state index is 12.3. The van der Waals surface area contributed by atoms with Gasteiger partial charge in [-0.2, -0.15) is 0 Å². The molecule has 5 nitrogen and oxygen atoms in total. The van der Waals surface area contributed by atoms with Gasteiger partial charge in [0.1, 0.15) is 5.75 Å². The summed E-state index contributed by atoms with van der Waals surface area (Å²) in [4.78, 5) is 6.55. The third-order valence-corrected chi connectivity index (χ3v) is 7.85. The van der Waals surface area contributed by atoms with Gasteiger partial charge in [0.25, 0.3) is 0 Å². The predicted octanol–water partition coefficient (Wildman–Crippen LogP) is 4.60. The number of sulfone groups is 1. The first kappa shape index (κ1) is 21.2. The Hall–Kier alpha value is -1.50. The van der Waals surface area contributed by atoms with E-state index in [1.165, 1.54) is 44.3 Å². The molecular formula is C21H29ClN2O3S. The monoisotopic (exact) mass is 424 g/mol. The molecule has 2 aromatic rings. The van der Waals surface area contributed by atoms with Crippen LogP contribution in [0.5, 0.6) is 5.75 Å². The van der Waals surface area contributed by atoms with E-state index in [1.54, 1.807) is 32.2 Å². The van der Waals surface area contributed by atoms with Gasteiger partial charge in [-0.15, -0.1) is 12.4 Å². The molecule has 0 saturated carbocycles. The van der Waals surface area contributed by atoms with E-state index in [0.29, 0.717) is 16.7 Å². The van der Waals surface area contributed by atoms with Gasteiger partial charge < -0.3 is 9.72 Å². The SMILES string of the molecule is CCS(=O)(=O)c1ccc(OC)c(-c2ccc(C3CCC4CCCCN43)[nH]2)c1.Cl. The molecule has 0 spiro atoms. The first-order chi connectivity index (χ1) is 13.0. The number of H-pyrrole nitrogens is 1. The van der Waals surface area contributed by atoms with Gasteiger partial charge in [0.05, 0.1) is 23.8 Å². The zero-order valence-corrected chi connectivity index (χ0v) is 18.1. The van der Waals surface area contributed by atoms with Gasteiger partial charge in [-0.05, 0) is 62.6 Å². The van der Waals surface area contributed by atoms with Crippen LogP contribution in [0.2, 0.25) is 0 Å². The molecule has 1 N–H and O–H groups in total. The Bertz CT molecular complexity index is 925. The van der Waals surface area contributed by atoms with E-state index in [0.717, 1.165) is 17.3 Å². The third-order valence-electron chi connectivity index (χ3n) is 6.11. The summed E-state index contributed by atoms with van der Waals surface area (Å²) in [6.45, 7) is 2.85. The summed E-state index contributed by atoms with van der Waals surface area (Å²) in [6, 6.07) is 10.5. The van der Waals surface area contributed by atoms with Gasteiger partial charge in [0.15, 0.2) is 9.84 Å². The Morgan fingerprint density at radius 2 is 1.96 bits per heavy atom. The fourth-order valence-corrected chi connectivity index (χ4v) is 5.52. The largest absolute Gasteiger partial charge is 0.496 e. The van der Waals surface area contributed by atoms with Gasteiger partial charge >= 0.3 is 0 Å². The zero-order chi connectivity index (χ0) is 19.0. The van der Waals surface area contributed by atoms with Crippen LogP contribution in [0.25, 0.3) is 11.3 Å². The molecule has 0 radical (unpaired) electrons. The smallest absolute Gasteiger partial charge is 0.178 e. The molecule has 154 valence electrons. The maximum atomic E-state index is 12.3. The summed E-state index contributed by atoms with van der Waals surface area (Å²) >= 11 is 0. The number of ether oxygens (including phenoxy) is 1. The van der Waals surface area contributed by atoms with Gasteiger partial charge in [-0.3, -0.25) is 4.90 Å². The number of halogens is 1. The predicted molar refractivity (Wildman–Crippen MR) is 114 cm³/mol. The van der Waals surface area contributed by atoms with E-state index < -0.39 is 9.84 Å². The van der Waals surface area contributed by atoms with E-state index in [-0.39, 0.29) is 18.2 Å². The van der Waals surface area contributed by atoms with Crippen molar-refractivity contribution in [2.75, 3.05) is 19.4 Å². The second-order valence-electron chi connectivity index (χ2n) is 7.57. The Morgan fingerprint density at radius 3 is 2.71 bits per heavy atom. The molecule has 1 aromatic carbocycles. The van der Waals surface area contributed by atoms with Crippen LogP contribution in [0.3, 0.4) is 0 Å². The molecule has 1 aromatic heterocycles. The summed E-state index contributed by atoms with van der Waals surface area (Å²) in [6.07, 6.45) is 6.40. The maximum Gasteiger partial charge on any atom is 0.178 e. The van der Waals surface area contributed by atoms with E-state index in [2.05, 4.69) is 16.0 Å². The molecular weight excluding hydrogens is 396 g/mol. The van der Waals surface area contributed by atoms with Crippen LogP contribution in [0, 0.1) is 0 Å². The lowest BCUT2D eigenvalue weighted by Gasteiger charge is -2.33. The molecule has 2 saturated heterocycles. The molecule has 0 aliphatic carbocycles. The van der Waals surface area contributed by atoms with Crippen molar-refractivity contribution in [3.63, 3.8) is 0 Å². The topological polar surface area (TPSA) is 62.4 Å². The number of hydrogen-bond donors (Lipinski definition) is 1. The normalized spacial score (nSPS) is 22.5. The molecule has 7 heteroatoms. The van der Waals surface area contributed by atoms with E-state index in [1.807, 2.05) is 6.07 Å². The van der Waals surface area contributed by atoms with Crippen LogP contribution in [0.4, 0.5) is 0 Å². The Balaban J connectivity index is 0.00000225. The molecule has 28 heavy (non-hydrogen) atoms. The van der Waals surface area contributed by atoms with Crippen LogP contribution in [-0.2, 0) is 9.84 Å². The van der Waals surface area contributed by atoms with Crippen molar-refractivity contribution in [3.05, 3.63) is 36.0 Å². The van der Waals surface area contributed by atoms with E-state index in [9.17, 15) is 8.42 Å². The minimum atomic E-state index is -3.26. The molecule has 2 aliphatic heterocycles. The van der Waals surface area contributed by atoms with Crippen molar-refractivity contribution < 1.29 is 13.2 Å². The summed E-state index contributed by atoms with van der Waals surface area (Å²) in [5.41, 5.74) is 2.93. The number of aromatic amines is 1. The Kier molecular flexibility index (Phi) is 6.42. The van der Waals surface area contributed by atoms with Crippen molar-refractivity contribution in [1.29, 1.82) is 0 Å². The highest BCUT2D eigenvalue weighted by Crippen LogP contribution is 2.41. The molecule has 3 heterocycles. The first-order valence-electron chi connectivity index (χ1n) is 9.89. The van der Waals surface area contributed by atoms with Crippen LogP contribution in [0.15, 0.2) is 35.2 Å². The van der Waals surface area contributed by atoms with E-state index >= 15 is 0 Å². The second kappa shape index (κ2) is 8.47. The fourth-order valence-electron chi connectivity index (χ4n) is 4.61. The summed E-state index contributed by atoms with van der Waals surface area (Å²) in [7, 11) is -1.64. The third kappa shape index (κ3) is 3.82. The molecule has 2 fully saturated rings.